The summed E-state index contributed by atoms with van der Waals surface area (Å²) in [5.74, 6) is 13.7. The third-order valence-corrected chi connectivity index (χ3v) is 6.32. The highest BCUT2D eigenvalue weighted by Gasteiger charge is 2.25. The summed E-state index contributed by atoms with van der Waals surface area (Å²) in [5.41, 5.74) is 2.62. The second kappa shape index (κ2) is 10.9. The van der Waals surface area contributed by atoms with Crippen LogP contribution in [0, 0.1) is 29.6 Å². The summed E-state index contributed by atoms with van der Waals surface area (Å²) < 4.78 is 19.4. The number of hydrogen-bond acceptors (Lipinski definition) is 6. The lowest BCUT2D eigenvalue weighted by Crippen LogP contribution is -2.26. The van der Waals surface area contributed by atoms with Crippen LogP contribution in [0.25, 0.3) is 11.3 Å². The predicted molar refractivity (Wildman–Crippen MR) is 130 cm³/mol. The molecule has 3 aromatic rings. The molecule has 5 rings (SSSR count). The van der Waals surface area contributed by atoms with Gasteiger partial charge in [-0.05, 0) is 75.1 Å². The molecule has 2 fully saturated rings. The van der Waals surface area contributed by atoms with E-state index >= 15 is 0 Å². The van der Waals surface area contributed by atoms with Crippen molar-refractivity contribution in [2.75, 3.05) is 6.61 Å². The fourth-order valence-electron chi connectivity index (χ4n) is 4.28. The van der Waals surface area contributed by atoms with Gasteiger partial charge in [0.15, 0.2) is 12.1 Å². The summed E-state index contributed by atoms with van der Waals surface area (Å²) in [4.78, 5) is 4.49. The van der Waals surface area contributed by atoms with Crippen molar-refractivity contribution in [3.05, 3.63) is 59.8 Å². The van der Waals surface area contributed by atoms with Crippen LogP contribution >= 0.6 is 0 Å². The molecule has 1 unspecified atom stereocenters. The average Bonchev–Trinajstić information content (AvgIpc) is 3.52. The second-order valence-corrected chi connectivity index (χ2v) is 9.09. The lowest BCUT2D eigenvalue weighted by molar-refractivity contribution is -0.188. The molecule has 1 N–H and O–H groups in total. The van der Waals surface area contributed by atoms with Crippen LogP contribution in [-0.2, 0) is 16.0 Å². The van der Waals surface area contributed by atoms with Crippen molar-refractivity contribution in [1.82, 2.24) is 14.7 Å². The third kappa shape index (κ3) is 6.01. The minimum absolute atomic E-state index is 0.168. The van der Waals surface area contributed by atoms with Gasteiger partial charge in [0.1, 0.15) is 17.6 Å². The molecule has 2 aliphatic rings. The van der Waals surface area contributed by atoms with Crippen molar-refractivity contribution in [3.63, 3.8) is 0 Å². The quantitative estimate of drug-likeness (QED) is 0.540. The van der Waals surface area contributed by atoms with Crippen molar-refractivity contribution < 1.29 is 19.1 Å². The SMILES string of the molecule is C[C@H](OC1CCCCO1)c1nccn1Cc1cc(-c2ccc(C#CC#CC3CC(O)C3)cc2)on1. The van der Waals surface area contributed by atoms with E-state index in [0.29, 0.717) is 12.3 Å². The van der Waals surface area contributed by atoms with Crippen molar-refractivity contribution in [3.8, 4) is 35.0 Å². The molecule has 1 aliphatic carbocycles. The maximum atomic E-state index is 9.30. The molecule has 180 valence electrons. The molecule has 7 heteroatoms. The van der Waals surface area contributed by atoms with Crippen LogP contribution in [0.4, 0.5) is 0 Å². The largest absolute Gasteiger partial charge is 0.393 e. The van der Waals surface area contributed by atoms with Gasteiger partial charge in [-0.3, -0.25) is 0 Å². The van der Waals surface area contributed by atoms with Crippen molar-refractivity contribution in [2.45, 2.75) is 64.1 Å². The molecule has 35 heavy (non-hydrogen) atoms. The fraction of sp³-hybridized carbons (Fsp3) is 0.429. The van der Waals surface area contributed by atoms with Crippen LogP contribution in [-0.4, -0.2) is 38.8 Å². The number of hydrogen-bond donors (Lipinski definition) is 1. The first-order chi connectivity index (χ1) is 17.1. The van der Waals surface area contributed by atoms with Gasteiger partial charge in [-0.25, -0.2) is 4.98 Å². The Bertz CT molecular complexity index is 1240. The molecule has 0 spiro atoms. The minimum atomic E-state index is -0.188. The lowest BCUT2D eigenvalue weighted by Gasteiger charge is -2.26. The lowest BCUT2D eigenvalue weighted by atomic mass is 9.83. The van der Waals surface area contributed by atoms with Gasteiger partial charge in [-0.1, -0.05) is 17.0 Å². The Morgan fingerprint density at radius 2 is 2.06 bits per heavy atom. The Kier molecular flexibility index (Phi) is 7.30. The Morgan fingerprint density at radius 1 is 1.20 bits per heavy atom. The van der Waals surface area contributed by atoms with E-state index in [1.165, 1.54) is 0 Å². The molecule has 1 saturated carbocycles. The molecular weight excluding hydrogens is 442 g/mol. The van der Waals surface area contributed by atoms with Crippen LogP contribution in [0.5, 0.6) is 0 Å². The predicted octanol–water partition coefficient (Wildman–Crippen LogP) is 4.32. The van der Waals surface area contributed by atoms with Crippen molar-refractivity contribution >= 4 is 0 Å². The number of aromatic nitrogens is 3. The Hall–Kier alpha value is -3.36. The Labute approximate surface area is 205 Å². The average molecular weight is 472 g/mol. The van der Waals surface area contributed by atoms with E-state index in [1.807, 2.05) is 48.0 Å². The van der Waals surface area contributed by atoms with Gasteiger partial charge in [0.05, 0.1) is 12.6 Å². The van der Waals surface area contributed by atoms with Gasteiger partial charge < -0.3 is 23.7 Å². The summed E-state index contributed by atoms with van der Waals surface area (Å²) in [5, 5.41) is 13.5. The monoisotopic (exact) mass is 471 g/mol. The topological polar surface area (TPSA) is 82.5 Å². The highest BCUT2D eigenvalue weighted by Crippen LogP contribution is 2.26. The van der Waals surface area contributed by atoms with Crippen LogP contribution in [0.2, 0.25) is 0 Å². The zero-order chi connectivity index (χ0) is 24.0. The Morgan fingerprint density at radius 3 is 2.83 bits per heavy atom. The van der Waals surface area contributed by atoms with Gasteiger partial charge in [-0.2, -0.15) is 0 Å². The third-order valence-electron chi connectivity index (χ3n) is 6.32. The molecule has 0 bridgehead atoms. The zero-order valence-corrected chi connectivity index (χ0v) is 19.8. The molecule has 2 atom stereocenters. The summed E-state index contributed by atoms with van der Waals surface area (Å²) in [6.07, 6.45) is 7.81. The maximum absolute atomic E-state index is 9.30. The van der Waals surface area contributed by atoms with Gasteiger partial charge in [0, 0.05) is 42.1 Å². The number of aliphatic hydroxyl groups is 1. The zero-order valence-electron chi connectivity index (χ0n) is 19.8. The summed E-state index contributed by atoms with van der Waals surface area (Å²) in [7, 11) is 0. The van der Waals surface area contributed by atoms with E-state index in [-0.39, 0.29) is 24.4 Å². The molecule has 3 heterocycles. The highest BCUT2D eigenvalue weighted by atomic mass is 16.7. The van der Waals surface area contributed by atoms with Crippen LogP contribution in [0.1, 0.15) is 62.2 Å². The van der Waals surface area contributed by atoms with Gasteiger partial charge in [0.25, 0.3) is 0 Å². The summed E-state index contributed by atoms with van der Waals surface area (Å²) in [6.45, 7) is 3.29. The smallest absolute Gasteiger partial charge is 0.167 e. The molecule has 1 aliphatic heterocycles. The normalized spacial score (nSPS) is 22.3. The van der Waals surface area contributed by atoms with Gasteiger partial charge in [0.2, 0.25) is 0 Å². The molecule has 1 saturated heterocycles. The second-order valence-electron chi connectivity index (χ2n) is 9.09. The summed E-state index contributed by atoms with van der Waals surface area (Å²) >= 11 is 0. The van der Waals surface area contributed by atoms with Crippen LogP contribution in [0.3, 0.4) is 0 Å². The number of rotatable bonds is 6. The van der Waals surface area contributed by atoms with Crippen LogP contribution in [0.15, 0.2) is 47.2 Å². The van der Waals surface area contributed by atoms with Gasteiger partial charge >= 0.3 is 0 Å². The number of benzene rings is 1. The highest BCUT2D eigenvalue weighted by molar-refractivity contribution is 5.59. The number of ether oxygens (including phenoxy) is 2. The molecule has 7 nitrogen and oxygen atoms in total. The van der Waals surface area contributed by atoms with Crippen molar-refractivity contribution in [2.24, 2.45) is 5.92 Å². The number of aliphatic hydroxyl groups excluding tert-OH is 1. The molecule has 0 amide bonds. The molecule has 1 aromatic carbocycles. The first-order valence-electron chi connectivity index (χ1n) is 12.2. The van der Waals surface area contributed by atoms with E-state index in [4.69, 9.17) is 14.0 Å². The number of imidazole rings is 1. The van der Waals surface area contributed by atoms with E-state index in [1.54, 1.807) is 6.20 Å². The molecular formula is C28H29N3O4. The first-order valence-corrected chi connectivity index (χ1v) is 12.2. The van der Waals surface area contributed by atoms with Crippen LogP contribution < -0.4 is 0 Å². The van der Waals surface area contributed by atoms with E-state index in [0.717, 1.165) is 61.4 Å². The molecule has 0 radical (unpaired) electrons. The molecule has 2 aromatic heterocycles. The van der Waals surface area contributed by atoms with Crippen molar-refractivity contribution in [1.29, 1.82) is 0 Å². The maximum Gasteiger partial charge on any atom is 0.167 e. The van der Waals surface area contributed by atoms with Gasteiger partial charge in [-0.15, -0.1) is 0 Å². The fourth-order valence-corrected chi connectivity index (χ4v) is 4.28. The standard InChI is InChI=1S/C28H29N3O4/c1-20(34-27-8-4-5-15-33-27)28-29-13-14-31(28)19-24-18-26(35-30-24)23-11-9-21(10-12-23)6-2-3-7-22-16-25(32)17-22/h9-14,18,20,22,25,27,32H,4-5,8,15-17,19H2,1H3/t20-,22?,25?,27?/m0/s1. The Balaban J connectivity index is 1.19. The van der Waals surface area contributed by atoms with E-state index in [2.05, 4.69) is 33.8 Å². The first kappa shape index (κ1) is 23.4. The van der Waals surface area contributed by atoms with E-state index < -0.39 is 0 Å². The summed E-state index contributed by atoms with van der Waals surface area (Å²) in [6, 6.07) is 9.76. The minimum Gasteiger partial charge on any atom is -0.393 e. The number of nitrogens with zero attached hydrogens (tertiary/aromatic N) is 3. The van der Waals surface area contributed by atoms with E-state index in [9.17, 15) is 5.11 Å².